The van der Waals surface area contributed by atoms with Crippen molar-refractivity contribution >= 4 is 11.6 Å². The first-order valence-corrected chi connectivity index (χ1v) is 8.04. The Morgan fingerprint density at radius 2 is 1.65 bits per heavy atom. The minimum absolute atomic E-state index is 0.0518. The number of amides is 1. The lowest BCUT2D eigenvalue weighted by molar-refractivity contribution is 0.102. The van der Waals surface area contributed by atoms with Crippen molar-refractivity contribution in [3.8, 4) is 16.9 Å². The molecule has 5 heteroatoms. The van der Waals surface area contributed by atoms with Gasteiger partial charge < -0.3 is 10.4 Å². The molecule has 0 fully saturated rings. The van der Waals surface area contributed by atoms with Crippen molar-refractivity contribution in [2.24, 2.45) is 0 Å². The smallest absolute Gasteiger partial charge is 0.255 e. The van der Waals surface area contributed by atoms with Crippen LogP contribution in [0.25, 0.3) is 11.1 Å². The number of hydrogen-bond acceptors (Lipinski definition) is 2. The van der Waals surface area contributed by atoms with Crippen LogP contribution in [0.2, 0.25) is 0 Å². The molecular formula is C21H17F2NO2. The molecule has 3 rings (SSSR count). The number of hydrogen-bond donors (Lipinski definition) is 2. The Hall–Kier alpha value is -3.21. The molecule has 2 N–H and O–H groups in total. The van der Waals surface area contributed by atoms with E-state index in [9.17, 15) is 18.7 Å². The number of carbonyl (C=O) groups excluding carboxylic acids is 1. The number of nitrogens with one attached hydrogen (secondary N) is 1. The first kappa shape index (κ1) is 17.6. The molecule has 1 amide bonds. The van der Waals surface area contributed by atoms with Gasteiger partial charge in [0.2, 0.25) is 0 Å². The predicted molar refractivity (Wildman–Crippen MR) is 97.3 cm³/mol. The van der Waals surface area contributed by atoms with Crippen LogP contribution in [0, 0.1) is 25.5 Å². The predicted octanol–water partition coefficient (Wildman–Crippen LogP) is 5.21. The molecule has 0 unspecified atom stereocenters. The maximum Gasteiger partial charge on any atom is 0.255 e. The van der Waals surface area contributed by atoms with E-state index in [1.165, 1.54) is 25.1 Å². The van der Waals surface area contributed by atoms with E-state index in [2.05, 4.69) is 5.32 Å². The lowest BCUT2D eigenvalue weighted by Gasteiger charge is -2.18. The zero-order valence-corrected chi connectivity index (χ0v) is 14.3. The van der Waals surface area contributed by atoms with Gasteiger partial charge in [-0.05, 0) is 49.2 Å². The number of halogens is 2. The molecule has 0 atom stereocenters. The highest BCUT2D eigenvalue weighted by Crippen LogP contribution is 2.40. The molecule has 0 saturated heterocycles. The second-order valence-corrected chi connectivity index (χ2v) is 5.99. The van der Waals surface area contributed by atoms with Crippen LogP contribution in [0.5, 0.6) is 5.75 Å². The van der Waals surface area contributed by atoms with E-state index in [1.54, 1.807) is 43.3 Å². The van der Waals surface area contributed by atoms with Gasteiger partial charge in [-0.15, -0.1) is 0 Å². The summed E-state index contributed by atoms with van der Waals surface area (Å²) >= 11 is 0. The average molecular weight is 353 g/mol. The summed E-state index contributed by atoms with van der Waals surface area (Å²) in [5.41, 5.74) is 1.69. The van der Waals surface area contributed by atoms with Gasteiger partial charge in [0, 0.05) is 16.7 Å². The fourth-order valence-electron chi connectivity index (χ4n) is 2.92. The summed E-state index contributed by atoms with van der Waals surface area (Å²) < 4.78 is 28.3. The third kappa shape index (κ3) is 3.16. The molecule has 0 spiro atoms. The van der Waals surface area contributed by atoms with E-state index in [4.69, 9.17) is 0 Å². The van der Waals surface area contributed by atoms with Crippen LogP contribution in [-0.2, 0) is 0 Å². The molecular weight excluding hydrogens is 336 g/mol. The fourth-order valence-corrected chi connectivity index (χ4v) is 2.92. The van der Waals surface area contributed by atoms with Gasteiger partial charge in [-0.3, -0.25) is 4.79 Å². The number of benzene rings is 3. The van der Waals surface area contributed by atoms with Crippen molar-refractivity contribution in [1.82, 2.24) is 0 Å². The van der Waals surface area contributed by atoms with Gasteiger partial charge in [0.05, 0.1) is 5.69 Å². The van der Waals surface area contributed by atoms with Crippen molar-refractivity contribution in [3.05, 3.63) is 82.9 Å². The first-order chi connectivity index (χ1) is 12.4. The summed E-state index contributed by atoms with van der Waals surface area (Å²) in [7, 11) is 0. The number of phenols is 1. The molecule has 3 aromatic rings. The van der Waals surface area contributed by atoms with Gasteiger partial charge in [0.1, 0.15) is 5.82 Å². The maximum atomic E-state index is 14.7. The average Bonchev–Trinajstić information content (AvgIpc) is 2.64. The third-order valence-electron chi connectivity index (χ3n) is 4.30. The second kappa shape index (κ2) is 6.96. The summed E-state index contributed by atoms with van der Waals surface area (Å²) in [5.74, 6) is -2.31. The zero-order valence-electron chi connectivity index (χ0n) is 14.3. The highest BCUT2D eigenvalue weighted by molar-refractivity contribution is 6.05. The molecule has 132 valence electrons. The topological polar surface area (TPSA) is 49.3 Å². The van der Waals surface area contributed by atoms with Crippen LogP contribution in [0.1, 0.15) is 21.5 Å². The van der Waals surface area contributed by atoms with Crippen molar-refractivity contribution < 1.29 is 18.7 Å². The molecule has 0 aliphatic carbocycles. The number of aromatic hydroxyl groups is 1. The summed E-state index contributed by atoms with van der Waals surface area (Å²) in [6, 6.07) is 14.0. The summed E-state index contributed by atoms with van der Waals surface area (Å²) in [6.45, 7) is 3.14. The van der Waals surface area contributed by atoms with Crippen molar-refractivity contribution in [1.29, 1.82) is 0 Å². The molecule has 0 aromatic heterocycles. The van der Waals surface area contributed by atoms with Gasteiger partial charge >= 0.3 is 0 Å². The molecule has 3 aromatic carbocycles. The monoisotopic (exact) mass is 353 g/mol. The van der Waals surface area contributed by atoms with Crippen LogP contribution in [-0.4, -0.2) is 11.0 Å². The molecule has 0 saturated carbocycles. The van der Waals surface area contributed by atoms with Gasteiger partial charge in [0.15, 0.2) is 11.6 Å². The Morgan fingerprint density at radius 3 is 2.31 bits per heavy atom. The molecule has 0 heterocycles. The standard InChI is InChI=1S/C21H17F2NO2/c1-12-17(15-9-6-10-16(22)11-15)18(23)20(25)13(2)19(12)24-21(26)14-7-4-3-5-8-14/h3-11,25H,1-2H3,(H,24,26). The van der Waals surface area contributed by atoms with Crippen LogP contribution in [0.3, 0.4) is 0 Å². The molecule has 0 bridgehead atoms. The molecule has 3 nitrogen and oxygen atoms in total. The molecule has 0 aliphatic heterocycles. The maximum absolute atomic E-state index is 14.7. The van der Waals surface area contributed by atoms with E-state index < -0.39 is 17.4 Å². The second-order valence-electron chi connectivity index (χ2n) is 5.99. The summed E-state index contributed by atoms with van der Waals surface area (Å²) in [4.78, 5) is 12.5. The van der Waals surface area contributed by atoms with Gasteiger partial charge in [-0.2, -0.15) is 0 Å². The third-order valence-corrected chi connectivity index (χ3v) is 4.30. The van der Waals surface area contributed by atoms with E-state index in [0.717, 1.165) is 0 Å². The van der Waals surface area contributed by atoms with E-state index in [1.807, 2.05) is 0 Å². The lowest BCUT2D eigenvalue weighted by atomic mass is 9.94. The number of anilines is 1. The molecule has 26 heavy (non-hydrogen) atoms. The van der Waals surface area contributed by atoms with E-state index in [-0.39, 0.29) is 22.6 Å². The minimum Gasteiger partial charge on any atom is -0.505 e. The lowest BCUT2D eigenvalue weighted by Crippen LogP contribution is -2.14. The molecule has 0 radical (unpaired) electrons. The fraction of sp³-hybridized carbons (Fsp3) is 0.0952. The van der Waals surface area contributed by atoms with Crippen LogP contribution < -0.4 is 5.32 Å². The van der Waals surface area contributed by atoms with Gasteiger partial charge in [-0.1, -0.05) is 30.3 Å². The van der Waals surface area contributed by atoms with Crippen molar-refractivity contribution in [3.63, 3.8) is 0 Å². The first-order valence-electron chi connectivity index (χ1n) is 8.04. The Morgan fingerprint density at radius 1 is 0.962 bits per heavy atom. The largest absolute Gasteiger partial charge is 0.505 e. The Bertz CT molecular complexity index is 985. The van der Waals surface area contributed by atoms with Crippen molar-refractivity contribution in [2.75, 3.05) is 5.32 Å². The van der Waals surface area contributed by atoms with Crippen LogP contribution in [0.4, 0.5) is 14.5 Å². The van der Waals surface area contributed by atoms with Crippen molar-refractivity contribution in [2.45, 2.75) is 13.8 Å². The zero-order chi connectivity index (χ0) is 18.8. The number of phenolic OH excluding ortho intramolecular Hbond substituents is 1. The van der Waals surface area contributed by atoms with Crippen LogP contribution in [0.15, 0.2) is 54.6 Å². The Labute approximate surface area is 149 Å². The highest BCUT2D eigenvalue weighted by atomic mass is 19.1. The normalized spacial score (nSPS) is 10.6. The van der Waals surface area contributed by atoms with E-state index >= 15 is 0 Å². The SMILES string of the molecule is Cc1c(O)c(F)c(-c2cccc(F)c2)c(C)c1NC(=O)c1ccccc1. The van der Waals surface area contributed by atoms with Crippen LogP contribution >= 0.6 is 0 Å². The van der Waals surface area contributed by atoms with E-state index in [0.29, 0.717) is 16.8 Å². The highest BCUT2D eigenvalue weighted by Gasteiger charge is 2.22. The Kier molecular flexibility index (Phi) is 4.71. The summed E-state index contributed by atoms with van der Waals surface area (Å²) in [6.07, 6.45) is 0. The Balaban J connectivity index is 2.13. The van der Waals surface area contributed by atoms with Gasteiger partial charge in [-0.25, -0.2) is 8.78 Å². The summed E-state index contributed by atoms with van der Waals surface area (Å²) in [5, 5.41) is 12.9. The quantitative estimate of drug-likeness (QED) is 0.679. The number of rotatable bonds is 3. The minimum atomic E-state index is -0.844. The number of carbonyl (C=O) groups is 1. The van der Waals surface area contributed by atoms with Gasteiger partial charge in [0.25, 0.3) is 5.91 Å². The molecule has 0 aliphatic rings.